The van der Waals surface area contributed by atoms with E-state index in [1.165, 1.54) is 6.42 Å². The molecule has 0 spiro atoms. The number of carbonyl (C=O) groups is 1. The van der Waals surface area contributed by atoms with Crippen molar-refractivity contribution in [2.24, 2.45) is 0 Å². The Labute approximate surface area is 79.5 Å². The number of fused-ring (bicyclic) bond motifs is 2. The Kier molecular flexibility index (Phi) is 1.88. The average molecular weight is 182 g/mol. The number of hydrogen-bond acceptors (Lipinski definition) is 2. The molecule has 1 N–H and O–H groups in total. The summed E-state index contributed by atoms with van der Waals surface area (Å²) in [5.74, 6) is 0.226. The second-order valence-electron chi connectivity index (χ2n) is 5.07. The van der Waals surface area contributed by atoms with Crippen LogP contribution in [0.4, 0.5) is 0 Å². The highest BCUT2D eigenvalue weighted by molar-refractivity contribution is 5.83. The highest BCUT2D eigenvalue weighted by Gasteiger charge is 2.46. The molecule has 2 bridgehead atoms. The van der Waals surface area contributed by atoms with Gasteiger partial charge in [-0.3, -0.25) is 9.69 Å². The van der Waals surface area contributed by atoms with Crippen LogP contribution >= 0.6 is 0 Å². The molecule has 2 unspecified atom stereocenters. The summed E-state index contributed by atoms with van der Waals surface area (Å²) in [6, 6.07) is 0.710. The van der Waals surface area contributed by atoms with Crippen molar-refractivity contribution in [1.29, 1.82) is 0 Å². The van der Waals surface area contributed by atoms with Gasteiger partial charge in [-0.05, 0) is 33.6 Å². The van der Waals surface area contributed by atoms with Crippen molar-refractivity contribution < 1.29 is 4.79 Å². The summed E-state index contributed by atoms with van der Waals surface area (Å²) in [7, 11) is 0. The smallest absolute Gasteiger partial charge is 0.237 e. The number of hydrogen-bond donors (Lipinski definition) is 1. The SMILES string of the molecule is CC(C)(C)N1C2CCC1C(=O)NC2. The number of nitrogens with one attached hydrogen (secondary N) is 1. The molecule has 3 heteroatoms. The molecule has 2 saturated heterocycles. The number of piperazine rings is 1. The minimum Gasteiger partial charge on any atom is -0.353 e. The molecule has 2 fully saturated rings. The fraction of sp³-hybridized carbons (Fsp3) is 0.900. The number of carbonyl (C=O) groups excluding carboxylic acids is 1. The van der Waals surface area contributed by atoms with Crippen molar-refractivity contribution in [3.8, 4) is 0 Å². The Hall–Kier alpha value is -0.570. The van der Waals surface area contributed by atoms with Gasteiger partial charge in [-0.1, -0.05) is 0 Å². The fourth-order valence-electron chi connectivity index (χ4n) is 2.69. The Morgan fingerprint density at radius 3 is 2.62 bits per heavy atom. The molecule has 0 aliphatic carbocycles. The van der Waals surface area contributed by atoms with E-state index in [2.05, 4.69) is 31.0 Å². The van der Waals surface area contributed by atoms with Gasteiger partial charge in [0.15, 0.2) is 0 Å². The molecule has 2 aliphatic rings. The summed E-state index contributed by atoms with van der Waals surface area (Å²) < 4.78 is 0. The highest BCUT2D eigenvalue weighted by Crippen LogP contribution is 2.33. The van der Waals surface area contributed by atoms with Crippen LogP contribution < -0.4 is 5.32 Å². The van der Waals surface area contributed by atoms with E-state index in [9.17, 15) is 4.79 Å². The van der Waals surface area contributed by atoms with Gasteiger partial charge in [0.2, 0.25) is 5.91 Å². The van der Waals surface area contributed by atoms with Crippen molar-refractivity contribution >= 4 is 5.91 Å². The predicted molar refractivity (Wildman–Crippen MR) is 51.4 cm³/mol. The monoisotopic (exact) mass is 182 g/mol. The van der Waals surface area contributed by atoms with Crippen LogP contribution in [-0.2, 0) is 4.79 Å². The Bertz CT molecular complexity index is 232. The third-order valence-electron chi connectivity index (χ3n) is 3.09. The first kappa shape index (κ1) is 9.00. The van der Waals surface area contributed by atoms with Crippen LogP contribution in [0, 0.1) is 0 Å². The Morgan fingerprint density at radius 2 is 2.08 bits per heavy atom. The molecule has 0 radical (unpaired) electrons. The van der Waals surface area contributed by atoms with Gasteiger partial charge in [0.05, 0.1) is 6.04 Å². The molecule has 0 aromatic heterocycles. The van der Waals surface area contributed by atoms with Gasteiger partial charge < -0.3 is 5.32 Å². The normalized spacial score (nSPS) is 34.8. The van der Waals surface area contributed by atoms with Crippen LogP contribution in [0.3, 0.4) is 0 Å². The quantitative estimate of drug-likeness (QED) is 0.599. The minimum absolute atomic E-state index is 0.129. The van der Waals surface area contributed by atoms with E-state index >= 15 is 0 Å². The van der Waals surface area contributed by atoms with Gasteiger partial charge in [-0.2, -0.15) is 0 Å². The third-order valence-corrected chi connectivity index (χ3v) is 3.09. The molecule has 2 heterocycles. The first-order valence-electron chi connectivity index (χ1n) is 5.06. The molecule has 0 saturated carbocycles. The second kappa shape index (κ2) is 2.71. The van der Waals surface area contributed by atoms with E-state index in [4.69, 9.17) is 0 Å². The summed E-state index contributed by atoms with van der Waals surface area (Å²) in [5.41, 5.74) is 0.129. The van der Waals surface area contributed by atoms with Crippen molar-refractivity contribution in [1.82, 2.24) is 10.2 Å². The van der Waals surface area contributed by atoms with Crippen molar-refractivity contribution in [2.75, 3.05) is 6.54 Å². The van der Waals surface area contributed by atoms with E-state index in [1.54, 1.807) is 0 Å². The van der Waals surface area contributed by atoms with Crippen LogP contribution in [0.25, 0.3) is 0 Å². The molecule has 0 aromatic carbocycles. The van der Waals surface area contributed by atoms with Crippen LogP contribution in [0.2, 0.25) is 0 Å². The van der Waals surface area contributed by atoms with Gasteiger partial charge in [0, 0.05) is 18.1 Å². The summed E-state index contributed by atoms with van der Waals surface area (Å²) in [5, 5.41) is 2.97. The molecule has 2 rings (SSSR count). The molecule has 2 atom stereocenters. The van der Waals surface area contributed by atoms with Crippen molar-refractivity contribution in [2.45, 2.75) is 51.2 Å². The van der Waals surface area contributed by atoms with E-state index in [0.717, 1.165) is 13.0 Å². The summed E-state index contributed by atoms with van der Waals surface area (Å²) in [4.78, 5) is 13.9. The molecule has 0 aromatic rings. The van der Waals surface area contributed by atoms with E-state index < -0.39 is 0 Å². The van der Waals surface area contributed by atoms with Gasteiger partial charge in [-0.15, -0.1) is 0 Å². The molecule has 1 amide bonds. The predicted octanol–water partition coefficient (Wildman–Crippen LogP) is 0.748. The first-order chi connectivity index (χ1) is 6.00. The standard InChI is InChI=1S/C10H18N2O/c1-10(2,3)12-7-4-5-8(12)9(13)11-6-7/h7-8H,4-6H2,1-3H3,(H,11,13). The van der Waals surface area contributed by atoms with Gasteiger partial charge in [-0.25, -0.2) is 0 Å². The zero-order valence-electron chi connectivity index (χ0n) is 8.63. The summed E-state index contributed by atoms with van der Waals surface area (Å²) in [6.45, 7) is 7.41. The topological polar surface area (TPSA) is 32.3 Å². The van der Waals surface area contributed by atoms with E-state index in [0.29, 0.717) is 6.04 Å². The molecular formula is C10H18N2O. The Balaban J connectivity index is 2.24. The number of rotatable bonds is 0. The summed E-state index contributed by atoms with van der Waals surface area (Å²) >= 11 is 0. The molecule has 74 valence electrons. The van der Waals surface area contributed by atoms with Crippen LogP contribution in [0.5, 0.6) is 0 Å². The average Bonchev–Trinajstić information content (AvgIpc) is 2.35. The zero-order chi connectivity index (χ0) is 9.64. The van der Waals surface area contributed by atoms with Crippen molar-refractivity contribution in [3.63, 3.8) is 0 Å². The lowest BCUT2D eigenvalue weighted by atomic mass is 10.0. The lowest BCUT2D eigenvalue weighted by molar-refractivity contribution is -0.131. The molecular weight excluding hydrogens is 164 g/mol. The molecule has 3 nitrogen and oxygen atoms in total. The molecule has 2 aliphatic heterocycles. The molecule has 13 heavy (non-hydrogen) atoms. The zero-order valence-corrected chi connectivity index (χ0v) is 8.63. The lowest BCUT2D eigenvalue weighted by Crippen LogP contribution is -2.61. The second-order valence-corrected chi connectivity index (χ2v) is 5.07. The van der Waals surface area contributed by atoms with Crippen LogP contribution in [0.1, 0.15) is 33.6 Å². The van der Waals surface area contributed by atoms with Gasteiger partial charge >= 0.3 is 0 Å². The maximum absolute atomic E-state index is 11.6. The van der Waals surface area contributed by atoms with Gasteiger partial charge in [0.1, 0.15) is 0 Å². The first-order valence-corrected chi connectivity index (χ1v) is 5.06. The van der Waals surface area contributed by atoms with E-state index in [-0.39, 0.29) is 17.5 Å². The largest absolute Gasteiger partial charge is 0.353 e. The van der Waals surface area contributed by atoms with Crippen LogP contribution in [0.15, 0.2) is 0 Å². The lowest BCUT2D eigenvalue weighted by Gasteiger charge is -2.43. The van der Waals surface area contributed by atoms with Crippen LogP contribution in [-0.4, -0.2) is 35.0 Å². The highest BCUT2D eigenvalue weighted by atomic mass is 16.2. The number of nitrogens with zero attached hydrogens (tertiary/aromatic N) is 1. The third kappa shape index (κ3) is 1.35. The minimum atomic E-state index is 0.129. The maximum atomic E-state index is 11.6. The summed E-state index contributed by atoms with van der Waals surface area (Å²) in [6.07, 6.45) is 2.20. The Morgan fingerprint density at radius 1 is 1.38 bits per heavy atom. The van der Waals surface area contributed by atoms with Gasteiger partial charge in [0.25, 0.3) is 0 Å². The number of amides is 1. The van der Waals surface area contributed by atoms with E-state index in [1.807, 2.05) is 0 Å². The van der Waals surface area contributed by atoms with Crippen molar-refractivity contribution in [3.05, 3.63) is 0 Å². The fourth-order valence-corrected chi connectivity index (χ4v) is 2.69. The maximum Gasteiger partial charge on any atom is 0.237 e.